The van der Waals surface area contributed by atoms with Gasteiger partial charge in [0.25, 0.3) is 5.91 Å². The summed E-state index contributed by atoms with van der Waals surface area (Å²) in [5.74, 6) is 0.925. The summed E-state index contributed by atoms with van der Waals surface area (Å²) < 4.78 is 31.7. The first-order valence-electron chi connectivity index (χ1n) is 10.3. The number of nitrogens with zero attached hydrogens (tertiary/aromatic N) is 3. The first-order valence-corrected chi connectivity index (χ1v) is 11.9. The number of hydrogen-bond acceptors (Lipinski definition) is 5. The van der Waals surface area contributed by atoms with Gasteiger partial charge in [0.2, 0.25) is 10.0 Å². The molecule has 2 aliphatic heterocycles. The van der Waals surface area contributed by atoms with E-state index in [1.54, 1.807) is 31.4 Å². The molecule has 2 aromatic carbocycles. The average Bonchev–Trinajstić information content (AvgIpc) is 2.78. The highest BCUT2D eigenvalue weighted by Crippen LogP contribution is 2.29. The zero-order chi connectivity index (χ0) is 21.1. The summed E-state index contributed by atoms with van der Waals surface area (Å²) in [5, 5.41) is 0. The molecule has 2 aliphatic rings. The van der Waals surface area contributed by atoms with Gasteiger partial charge in [0.05, 0.1) is 24.2 Å². The van der Waals surface area contributed by atoms with Crippen molar-refractivity contribution in [3.05, 3.63) is 54.1 Å². The second kappa shape index (κ2) is 8.55. The number of carbonyl (C=O) groups is 1. The summed E-state index contributed by atoms with van der Waals surface area (Å²) in [4.78, 5) is 17.1. The summed E-state index contributed by atoms with van der Waals surface area (Å²) in [6.07, 6.45) is 1.52. The molecule has 2 heterocycles. The zero-order valence-corrected chi connectivity index (χ0v) is 18.0. The maximum absolute atomic E-state index is 13.1. The van der Waals surface area contributed by atoms with Crippen LogP contribution in [-0.4, -0.2) is 64.8 Å². The van der Waals surface area contributed by atoms with Gasteiger partial charge < -0.3 is 14.5 Å². The molecule has 160 valence electrons. The number of anilines is 2. The lowest BCUT2D eigenvalue weighted by atomic mass is 10.1. The van der Waals surface area contributed by atoms with Crippen LogP contribution in [0.1, 0.15) is 23.2 Å². The van der Waals surface area contributed by atoms with Crippen LogP contribution in [0.15, 0.2) is 48.5 Å². The summed E-state index contributed by atoms with van der Waals surface area (Å²) in [7, 11) is -1.64. The Balaban J connectivity index is 1.46. The Morgan fingerprint density at radius 3 is 2.43 bits per heavy atom. The Hall–Kier alpha value is -2.74. The predicted octanol–water partition coefficient (Wildman–Crippen LogP) is 2.59. The van der Waals surface area contributed by atoms with Gasteiger partial charge in [-0.1, -0.05) is 18.2 Å². The minimum atomic E-state index is -3.30. The van der Waals surface area contributed by atoms with Crippen molar-refractivity contribution in [2.45, 2.75) is 12.8 Å². The molecule has 0 radical (unpaired) electrons. The Kier molecular flexibility index (Phi) is 5.85. The lowest BCUT2D eigenvalue weighted by Crippen LogP contribution is -2.49. The van der Waals surface area contributed by atoms with E-state index in [1.165, 1.54) is 4.31 Å². The summed E-state index contributed by atoms with van der Waals surface area (Å²) in [6, 6.07) is 14.9. The highest BCUT2D eigenvalue weighted by Gasteiger charge is 2.28. The van der Waals surface area contributed by atoms with Gasteiger partial charge in [-0.15, -0.1) is 0 Å². The normalized spacial score (nSPS) is 18.9. The Morgan fingerprint density at radius 2 is 1.70 bits per heavy atom. The van der Waals surface area contributed by atoms with E-state index in [9.17, 15) is 13.2 Å². The molecule has 0 aliphatic carbocycles. The monoisotopic (exact) mass is 429 g/mol. The quantitative estimate of drug-likeness (QED) is 0.747. The van der Waals surface area contributed by atoms with Crippen molar-refractivity contribution in [1.29, 1.82) is 0 Å². The lowest BCUT2D eigenvalue weighted by molar-refractivity contribution is 0.0746. The number of para-hydroxylation sites is 2. The second-order valence-electron chi connectivity index (χ2n) is 7.60. The van der Waals surface area contributed by atoms with Crippen LogP contribution in [0.3, 0.4) is 0 Å². The minimum absolute atomic E-state index is 0.0639. The minimum Gasteiger partial charge on any atom is -0.495 e. The topological polar surface area (TPSA) is 70.2 Å². The van der Waals surface area contributed by atoms with Gasteiger partial charge in [-0.3, -0.25) is 9.10 Å². The Bertz CT molecular complexity index is 1020. The second-order valence-corrected chi connectivity index (χ2v) is 9.61. The third-order valence-electron chi connectivity index (χ3n) is 5.72. The molecule has 4 rings (SSSR count). The van der Waals surface area contributed by atoms with E-state index in [2.05, 4.69) is 4.90 Å². The van der Waals surface area contributed by atoms with E-state index in [0.717, 1.165) is 17.9 Å². The number of hydrogen-bond donors (Lipinski definition) is 0. The number of carbonyl (C=O) groups excluding carboxylic acids is 1. The molecule has 0 unspecified atom stereocenters. The van der Waals surface area contributed by atoms with E-state index in [0.29, 0.717) is 50.4 Å². The fourth-order valence-corrected chi connectivity index (χ4v) is 5.73. The molecule has 0 aromatic heterocycles. The zero-order valence-electron chi connectivity index (χ0n) is 17.2. The maximum atomic E-state index is 13.1. The SMILES string of the molecule is COc1ccccc1N1CCN(C(=O)c2cccc(N3CCCCS3(=O)=O)c2)CC1. The number of piperazine rings is 1. The highest BCUT2D eigenvalue weighted by molar-refractivity contribution is 7.92. The molecule has 7 nitrogen and oxygen atoms in total. The van der Waals surface area contributed by atoms with Crippen molar-refractivity contribution in [1.82, 2.24) is 4.90 Å². The smallest absolute Gasteiger partial charge is 0.254 e. The molecule has 2 fully saturated rings. The van der Waals surface area contributed by atoms with Crippen LogP contribution in [-0.2, 0) is 10.0 Å². The van der Waals surface area contributed by atoms with Gasteiger partial charge in [0.1, 0.15) is 5.75 Å². The van der Waals surface area contributed by atoms with E-state index in [1.807, 2.05) is 29.2 Å². The molecule has 2 saturated heterocycles. The Morgan fingerprint density at radius 1 is 0.933 bits per heavy atom. The van der Waals surface area contributed by atoms with Crippen molar-refractivity contribution in [3.63, 3.8) is 0 Å². The summed E-state index contributed by atoms with van der Waals surface area (Å²) >= 11 is 0. The molecule has 1 amide bonds. The van der Waals surface area contributed by atoms with E-state index >= 15 is 0 Å². The van der Waals surface area contributed by atoms with E-state index in [4.69, 9.17) is 4.74 Å². The molecule has 0 N–H and O–H groups in total. The van der Waals surface area contributed by atoms with E-state index < -0.39 is 10.0 Å². The van der Waals surface area contributed by atoms with Crippen LogP contribution in [0, 0.1) is 0 Å². The molecule has 0 saturated carbocycles. The number of sulfonamides is 1. The molecule has 0 atom stereocenters. The van der Waals surface area contributed by atoms with Gasteiger partial charge >= 0.3 is 0 Å². The first kappa shape index (κ1) is 20.5. The van der Waals surface area contributed by atoms with Crippen LogP contribution in [0.4, 0.5) is 11.4 Å². The van der Waals surface area contributed by atoms with Crippen molar-refractivity contribution in [2.75, 3.05) is 54.8 Å². The molecule has 0 spiro atoms. The summed E-state index contributed by atoms with van der Waals surface area (Å²) in [6.45, 7) is 3.10. The molecule has 8 heteroatoms. The van der Waals surface area contributed by atoms with Crippen molar-refractivity contribution in [2.24, 2.45) is 0 Å². The highest BCUT2D eigenvalue weighted by atomic mass is 32.2. The largest absolute Gasteiger partial charge is 0.495 e. The average molecular weight is 430 g/mol. The van der Waals surface area contributed by atoms with Gasteiger partial charge in [-0.2, -0.15) is 0 Å². The fourth-order valence-electron chi connectivity index (χ4n) is 4.10. The van der Waals surface area contributed by atoms with Gasteiger partial charge in [-0.25, -0.2) is 8.42 Å². The summed E-state index contributed by atoms with van der Waals surface area (Å²) in [5.41, 5.74) is 2.14. The van der Waals surface area contributed by atoms with E-state index in [-0.39, 0.29) is 11.7 Å². The number of ether oxygens (including phenoxy) is 1. The van der Waals surface area contributed by atoms with Crippen LogP contribution < -0.4 is 13.9 Å². The molecular weight excluding hydrogens is 402 g/mol. The first-order chi connectivity index (χ1) is 14.5. The van der Waals surface area contributed by atoms with Gasteiger partial charge in [0, 0.05) is 38.3 Å². The molecule has 0 bridgehead atoms. The molecular formula is C22H27N3O4S. The van der Waals surface area contributed by atoms with Crippen molar-refractivity contribution >= 4 is 27.3 Å². The van der Waals surface area contributed by atoms with Gasteiger partial charge in [-0.05, 0) is 43.2 Å². The third kappa shape index (κ3) is 4.09. The standard InChI is InChI=1S/C22H27N3O4S/c1-29-21-10-3-2-9-20(21)23-12-14-24(15-13-23)22(26)18-7-6-8-19(17-18)25-11-4-5-16-30(25,27)28/h2-3,6-10,17H,4-5,11-16H2,1H3. The van der Waals surface area contributed by atoms with Crippen LogP contribution in [0.2, 0.25) is 0 Å². The van der Waals surface area contributed by atoms with Crippen LogP contribution in [0.25, 0.3) is 0 Å². The number of benzene rings is 2. The number of amides is 1. The van der Waals surface area contributed by atoms with Crippen LogP contribution >= 0.6 is 0 Å². The van der Waals surface area contributed by atoms with Crippen molar-refractivity contribution < 1.29 is 17.9 Å². The van der Waals surface area contributed by atoms with Gasteiger partial charge in [0.15, 0.2) is 0 Å². The Labute approximate surface area is 177 Å². The number of methoxy groups -OCH3 is 1. The van der Waals surface area contributed by atoms with Crippen LogP contribution in [0.5, 0.6) is 5.75 Å². The van der Waals surface area contributed by atoms with Crippen molar-refractivity contribution in [3.8, 4) is 5.75 Å². The lowest BCUT2D eigenvalue weighted by Gasteiger charge is -2.36. The fraction of sp³-hybridized carbons (Fsp3) is 0.409. The molecule has 30 heavy (non-hydrogen) atoms. The predicted molar refractivity (Wildman–Crippen MR) is 118 cm³/mol. The number of rotatable bonds is 4. The third-order valence-corrected chi connectivity index (χ3v) is 7.59. The maximum Gasteiger partial charge on any atom is 0.254 e. The molecule has 2 aromatic rings.